The van der Waals surface area contributed by atoms with Gasteiger partial charge in [-0.15, -0.1) is 12.4 Å². The first-order chi connectivity index (χ1) is 8.80. The van der Waals surface area contributed by atoms with E-state index in [0.717, 1.165) is 11.8 Å². The number of hydrogen-bond donors (Lipinski definition) is 1. The standard InChI is InChI=1S/C16H30N2.ClH/c1-2-14-4-3-5-15(10-14)11-18-9-7-16(13-18)6-8-17-12-16;/h14-15,17H,2-13H2,1H3;1H. The van der Waals surface area contributed by atoms with Crippen LogP contribution in [0.3, 0.4) is 0 Å². The Bertz CT molecular complexity index is 276. The number of likely N-dealkylation sites (tertiary alicyclic amines) is 1. The van der Waals surface area contributed by atoms with Crippen LogP contribution >= 0.6 is 12.4 Å². The molecule has 112 valence electrons. The Labute approximate surface area is 125 Å². The predicted molar refractivity (Wildman–Crippen MR) is 84.0 cm³/mol. The Morgan fingerprint density at radius 1 is 1.21 bits per heavy atom. The fourth-order valence-electron chi connectivity index (χ4n) is 4.63. The molecule has 3 atom stereocenters. The molecule has 3 rings (SSSR count). The highest BCUT2D eigenvalue weighted by Gasteiger charge is 2.40. The molecule has 3 aliphatic rings. The second kappa shape index (κ2) is 6.78. The first-order valence-electron chi connectivity index (χ1n) is 8.23. The van der Waals surface area contributed by atoms with Crippen molar-refractivity contribution in [2.45, 2.75) is 51.9 Å². The number of nitrogens with zero attached hydrogens (tertiary/aromatic N) is 1. The van der Waals surface area contributed by atoms with Gasteiger partial charge >= 0.3 is 0 Å². The lowest BCUT2D eigenvalue weighted by Gasteiger charge is -2.32. The fourth-order valence-corrected chi connectivity index (χ4v) is 4.63. The van der Waals surface area contributed by atoms with E-state index in [1.54, 1.807) is 0 Å². The first-order valence-corrected chi connectivity index (χ1v) is 8.23. The maximum atomic E-state index is 3.57. The maximum absolute atomic E-state index is 3.57. The summed E-state index contributed by atoms with van der Waals surface area (Å²) in [6, 6.07) is 0. The molecule has 0 radical (unpaired) electrons. The lowest BCUT2D eigenvalue weighted by Crippen LogP contribution is -2.33. The summed E-state index contributed by atoms with van der Waals surface area (Å²) in [5, 5.41) is 3.57. The van der Waals surface area contributed by atoms with Crippen LogP contribution in [0, 0.1) is 17.3 Å². The van der Waals surface area contributed by atoms with Crippen molar-refractivity contribution >= 4 is 12.4 Å². The summed E-state index contributed by atoms with van der Waals surface area (Å²) in [7, 11) is 0. The first kappa shape index (κ1) is 15.6. The molecule has 0 aromatic heterocycles. The zero-order chi connectivity index (χ0) is 12.4. The van der Waals surface area contributed by atoms with Crippen molar-refractivity contribution in [3.63, 3.8) is 0 Å². The van der Waals surface area contributed by atoms with E-state index in [2.05, 4.69) is 17.1 Å². The highest BCUT2D eigenvalue weighted by molar-refractivity contribution is 5.85. The summed E-state index contributed by atoms with van der Waals surface area (Å²) in [6.45, 7) is 9.07. The lowest BCUT2D eigenvalue weighted by atomic mass is 9.80. The highest BCUT2D eigenvalue weighted by atomic mass is 35.5. The Balaban J connectivity index is 0.00000133. The SMILES string of the molecule is CCC1CCCC(CN2CCC3(CCNC3)C2)C1.Cl. The summed E-state index contributed by atoms with van der Waals surface area (Å²) in [5.41, 5.74) is 0.666. The van der Waals surface area contributed by atoms with Gasteiger partial charge in [0.2, 0.25) is 0 Å². The van der Waals surface area contributed by atoms with Crippen molar-refractivity contribution in [1.29, 1.82) is 0 Å². The van der Waals surface area contributed by atoms with Crippen molar-refractivity contribution < 1.29 is 0 Å². The molecule has 3 heteroatoms. The van der Waals surface area contributed by atoms with Crippen LogP contribution in [0.15, 0.2) is 0 Å². The molecule has 3 unspecified atom stereocenters. The van der Waals surface area contributed by atoms with Gasteiger partial charge in [0, 0.05) is 19.6 Å². The minimum absolute atomic E-state index is 0. The second-order valence-corrected chi connectivity index (χ2v) is 7.22. The molecular formula is C16H31ClN2. The molecule has 1 saturated carbocycles. The van der Waals surface area contributed by atoms with Gasteiger partial charge in [0.1, 0.15) is 0 Å². The molecule has 2 nitrogen and oxygen atoms in total. The lowest BCUT2D eigenvalue weighted by molar-refractivity contribution is 0.181. The third-order valence-corrected chi connectivity index (χ3v) is 5.83. The molecule has 1 spiro atoms. The van der Waals surface area contributed by atoms with E-state index >= 15 is 0 Å². The molecule has 19 heavy (non-hydrogen) atoms. The van der Waals surface area contributed by atoms with Gasteiger partial charge in [0.05, 0.1) is 0 Å². The van der Waals surface area contributed by atoms with E-state index in [1.165, 1.54) is 77.7 Å². The molecule has 2 saturated heterocycles. The summed E-state index contributed by atoms with van der Waals surface area (Å²) in [5.74, 6) is 2.04. The van der Waals surface area contributed by atoms with E-state index in [0.29, 0.717) is 5.41 Å². The quantitative estimate of drug-likeness (QED) is 0.856. The number of halogens is 1. The van der Waals surface area contributed by atoms with Crippen molar-refractivity contribution in [2.24, 2.45) is 17.3 Å². The molecule has 2 aliphatic heterocycles. The van der Waals surface area contributed by atoms with E-state index < -0.39 is 0 Å². The number of nitrogens with one attached hydrogen (secondary N) is 1. The Hall–Kier alpha value is 0.210. The van der Waals surface area contributed by atoms with E-state index in [1.807, 2.05) is 0 Å². The van der Waals surface area contributed by atoms with E-state index in [9.17, 15) is 0 Å². The smallest absolute Gasteiger partial charge is 0.00512 e. The topological polar surface area (TPSA) is 15.3 Å². The summed E-state index contributed by atoms with van der Waals surface area (Å²) < 4.78 is 0. The number of rotatable bonds is 3. The van der Waals surface area contributed by atoms with Crippen LogP contribution < -0.4 is 5.32 Å². The summed E-state index contributed by atoms with van der Waals surface area (Å²) in [6.07, 6.45) is 10.3. The Morgan fingerprint density at radius 3 is 2.79 bits per heavy atom. The highest BCUT2D eigenvalue weighted by Crippen LogP contribution is 2.38. The van der Waals surface area contributed by atoms with Gasteiger partial charge in [0.15, 0.2) is 0 Å². The predicted octanol–water partition coefficient (Wildman–Crippen LogP) is 3.31. The zero-order valence-electron chi connectivity index (χ0n) is 12.5. The molecule has 0 aromatic carbocycles. The van der Waals surface area contributed by atoms with Gasteiger partial charge in [-0.2, -0.15) is 0 Å². The number of hydrogen-bond acceptors (Lipinski definition) is 2. The summed E-state index contributed by atoms with van der Waals surface area (Å²) in [4.78, 5) is 2.79. The molecule has 0 aromatic rings. The van der Waals surface area contributed by atoms with Crippen molar-refractivity contribution in [1.82, 2.24) is 10.2 Å². The van der Waals surface area contributed by atoms with Crippen LogP contribution in [0.2, 0.25) is 0 Å². The van der Waals surface area contributed by atoms with Crippen molar-refractivity contribution in [3.05, 3.63) is 0 Å². The van der Waals surface area contributed by atoms with Crippen LogP contribution in [0.4, 0.5) is 0 Å². The minimum atomic E-state index is 0. The molecule has 1 aliphatic carbocycles. The van der Waals surface area contributed by atoms with Crippen LogP contribution in [-0.4, -0.2) is 37.6 Å². The van der Waals surface area contributed by atoms with Crippen molar-refractivity contribution in [2.75, 3.05) is 32.7 Å². The molecular weight excluding hydrogens is 256 g/mol. The van der Waals surface area contributed by atoms with E-state index in [4.69, 9.17) is 0 Å². The monoisotopic (exact) mass is 286 g/mol. The molecule has 0 amide bonds. The Morgan fingerprint density at radius 2 is 2.05 bits per heavy atom. The minimum Gasteiger partial charge on any atom is -0.316 e. The maximum Gasteiger partial charge on any atom is 0.00512 e. The third-order valence-electron chi connectivity index (χ3n) is 5.83. The van der Waals surface area contributed by atoms with Gasteiger partial charge in [-0.3, -0.25) is 0 Å². The van der Waals surface area contributed by atoms with Gasteiger partial charge in [-0.05, 0) is 56.0 Å². The van der Waals surface area contributed by atoms with Crippen LogP contribution in [-0.2, 0) is 0 Å². The van der Waals surface area contributed by atoms with Gasteiger partial charge in [-0.1, -0.05) is 26.2 Å². The van der Waals surface area contributed by atoms with Crippen molar-refractivity contribution in [3.8, 4) is 0 Å². The molecule has 3 fully saturated rings. The average molecular weight is 287 g/mol. The van der Waals surface area contributed by atoms with Gasteiger partial charge < -0.3 is 10.2 Å². The van der Waals surface area contributed by atoms with E-state index in [-0.39, 0.29) is 12.4 Å². The Kier molecular flexibility index (Phi) is 5.56. The zero-order valence-corrected chi connectivity index (χ0v) is 13.3. The molecule has 1 N–H and O–H groups in total. The largest absolute Gasteiger partial charge is 0.316 e. The normalized spacial score (nSPS) is 39.6. The van der Waals surface area contributed by atoms with Gasteiger partial charge in [0.25, 0.3) is 0 Å². The summed E-state index contributed by atoms with van der Waals surface area (Å²) >= 11 is 0. The third kappa shape index (κ3) is 3.65. The van der Waals surface area contributed by atoms with Crippen LogP contribution in [0.5, 0.6) is 0 Å². The average Bonchev–Trinajstić information content (AvgIpc) is 3.01. The molecule has 2 heterocycles. The molecule has 0 bridgehead atoms. The second-order valence-electron chi connectivity index (χ2n) is 7.22. The van der Waals surface area contributed by atoms with Crippen LogP contribution in [0.25, 0.3) is 0 Å². The van der Waals surface area contributed by atoms with Gasteiger partial charge in [-0.25, -0.2) is 0 Å². The fraction of sp³-hybridized carbons (Fsp3) is 1.00. The van der Waals surface area contributed by atoms with Crippen LogP contribution in [0.1, 0.15) is 51.9 Å².